The fourth-order valence-electron chi connectivity index (χ4n) is 4.82. The van der Waals surface area contributed by atoms with Gasteiger partial charge < -0.3 is 16.2 Å². The monoisotopic (exact) mass is 424 g/mol. The van der Waals surface area contributed by atoms with E-state index < -0.39 is 23.7 Å². The highest BCUT2D eigenvalue weighted by Gasteiger charge is 2.48. The van der Waals surface area contributed by atoms with Crippen LogP contribution in [0.3, 0.4) is 0 Å². The number of hydrogen-bond acceptors (Lipinski definition) is 4. The molecule has 2 aromatic rings. The number of thiophene rings is 1. The number of primary amides is 1. The van der Waals surface area contributed by atoms with Gasteiger partial charge in [0.15, 0.2) is 0 Å². The lowest BCUT2D eigenvalue weighted by atomic mass is 9.62. The van der Waals surface area contributed by atoms with Crippen LogP contribution in [0.15, 0.2) is 36.4 Å². The number of carboxylic acids is 1. The Kier molecular flexibility index (Phi) is 5.24. The predicted octanol–water partition coefficient (Wildman–Crippen LogP) is 3.98. The second-order valence-electron chi connectivity index (χ2n) is 8.14. The number of rotatable bonds is 5. The first-order valence-electron chi connectivity index (χ1n) is 10.00. The van der Waals surface area contributed by atoms with Crippen molar-refractivity contribution in [2.24, 2.45) is 29.4 Å². The van der Waals surface area contributed by atoms with Gasteiger partial charge in [0, 0.05) is 10.4 Å². The lowest BCUT2D eigenvalue weighted by Gasteiger charge is -2.41. The molecule has 7 heteroatoms. The minimum absolute atomic E-state index is 0.106. The van der Waals surface area contributed by atoms with E-state index in [1.807, 2.05) is 50.3 Å². The van der Waals surface area contributed by atoms with E-state index in [1.54, 1.807) is 0 Å². The van der Waals surface area contributed by atoms with Crippen LogP contribution in [-0.4, -0.2) is 22.9 Å². The van der Waals surface area contributed by atoms with E-state index in [-0.39, 0.29) is 23.3 Å². The zero-order valence-electron chi connectivity index (χ0n) is 16.8. The quantitative estimate of drug-likeness (QED) is 0.631. The van der Waals surface area contributed by atoms with Gasteiger partial charge in [-0.2, -0.15) is 0 Å². The Morgan fingerprint density at radius 1 is 1.03 bits per heavy atom. The van der Waals surface area contributed by atoms with Gasteiger partial charge in [0.1, 0.15) is 5.00 Å². The van der Waals surface area contributed by atoms with Gasteiger partial charge in [0.25, 0.3) is 5.91 Å². The van der Waals surface area contributed by atoms with Gasteiger partial charge in [-0.15, -0.1) is 11.3 Å². The first-order chi connectivity index (χ1) is 14.3. The molecule has 0 spiro atoms. The summed E-state index contributed by atoms with van der Waals surface area (Å²) in [5, 5.41) is 13.0. The molecular formula is C23H24N2O4S. The number of hydrogen-bond donors (Lipinski definition) is 3. The van der Waals surface area contributed by atoms with E-state index in [0.717, 1.165) is 28.8 Å². The maximum absolute atomic E-state index is 13.2. The lowest BCUT2D eigenvalue weighted by molar-refractivity contribution is -0.151. The van der Waals surface area contributed by atoms with Gasteiger partial charge in [0.2, 0.25) is 5.91 Å². The summed E-state index contributed by atoms with van der Waals surface area (Å²) in [5.74, 6) is -3.57. The maximum atomic E-state index is 13.2. The van der Waals surface area contributed by atoms with Crippen LogP contribution in [0.5, 0.6) is 0 Å². The van der Waals surface area contributed by atoms with Crippen molar-refractivity contribution in [1.29, 1.82) is 0 Å². The van der Waals surface area contributed by atoms with Crippen molar-refractivity contribution in [1.82, 2.24) is 0 Å². The fraction of sp³-hybridized carbons (Fsp3) is 0.348. The summed E-state index contributed by atoms with van der Waals surface area (Å²) in [4.78, 5) is 38.3. The normalized spacial score (nSPS) is 24.6. The summed E-state index contributed by atoms with van der Waals surface area (Å²) in [6.07, 6.45) is 5.47. The largest absolute Gasteiger partial charge is 0.481 e. The smallest absolute Gasteiger partial charge is 0.307 e. The van der Waals surface area contributed by atoms with E-state index in [0.29, 0.717) is 10.6 Å². The number of amides is 2. The molecule has 3 aliphatic rings. The molecule has 30 heavy (non-hydrogen) atoms. The third kappa shape index (κ3) is 3.43. The zero-order chi connectivity index (χ0) is 21.6. The van der Waals surface area contributed by atoms with Gasteiger partial charge in [-0.3, -0.25) is 14.4 Å². The third-order valence-electron chi connectivity index (χ3n) is 6.24. The van der Waals surface area contributed by atoms with Crippen molar-refractivity contribution in [3.8, 4) is 11.1 Å². The molecule has 1 aromatic heterocycles. The molecule has 156 valence electrons. The van der Waals surface area contributed by atoms with Gasteiger partial charge in [0.05, 0.1) is 17.4 Å². The molecule has 0 aliphatic heterocycles. The van der Waals surface area contributed by atoms with E-state index >= 15 is 0 Å². The highest BCUT2D eigenvalue weighted by molar-refractivity contribution is 7.17. The van der Waals surface area contributed by atoms with Crippen molar-refractivity contribution < 1.29 is 19.5 Å². The summed E-state index contributed by atoms with van der Waals surface area (Å²) >= 11 is 1.29. The molecule has 1 saturated carbocycles. The van der Waals surface area contributed by atoms with Crippen molar-refractivity contribution in [3.63, 3.8) is 0 Å². The molecule has 1 aromatic carbocycles. The first-order valence-corrected chi connectivity index (χ1v) is 10.8. The standard InChI is InChI=1S/C23H24N2O4S/c1-11-3-5-13(6-4-11)16-12(2)30-22(19(16)20(24)26)25-21(27)17-14-7-9-15(10-8-14)18(17)23(28)29/h3-7,9,14-15,17-18H,8,10H2,1-2H3,(H2,24,26)(H,25,27)(H,28,29). The highest BCUT2D eigenvalue weighted by Crippen LogP contribution is 2.46. The molecule has 5 rings (SSSR count). The number of allylic oxidation sites excluding steroid dienone is 2. The number of carboxylic acid groups (broad SMARTS) is 1. The molecule has 0 saturated heterocycles. The van der Waals surface area contributed by atoms with Crippen molar-refractivity contribution in [3.05, 3.63) is 52.4 Å². The molecule has 2 bridgehead atoms. The van der Waals surface area contributed by atoms with Crippen LogP contribution in [0.4, 0.5) is 5.00 Å². The predicted molar refractivity (Wildman–Crippen MR) is 116 cm³/mol. The molecule has 3 aliphatic carbocycles. The van der Waals surface area contributed by atoms with E-state index in [4.69, 9.17) is 5.73 Å². The molecular weight excluding hydrogens is 400 g/mol. The lowest BCUT2D eigenvalue weighted by Crippen LogP contribution is -2.47. The topological polar surface area (TPSA) is 109 Å². The van der Waals surface area contributed by atoms with Crippen molar-refractivity contribution >= 4 is 34.1 Å². The van der Waals surface area contributed by atoms with Gasteiger partial charge in [-0.05, 0) is 44.1 Å². The fourth-order valence-corrected chi connectivity index (χ4v) is 5.90. The molecule has 4 N–H and O–H groups in total. The SMILES string of the molecule is Cc1ccc(-c2c(C)sc(NC(=O)C3C4C=CC(CC4)C3C(=O)O)c2C(N)=O)cc1. The number of carbonyl (C=O) groups excluding carboxylic acids is 2. The molecule has 0 radical (unpaired) electrons. The Morgan fingerprint density at radius 3 is 2.17 bits per heavy atom. The Balaban J connectivity index is 1.70. The molecule has 6 nitrogen and oxygen atoms in total. The van der Waals surface area contributed by atoms with Gasteiger partial charge in [-0.25, -0.2) is 0 Å². The number of fused-ring (bicyclic) bond motifs is 2. The number of aryl methyl sites for hydroxylation is 2. The summed E-state index contributed by atoms with van der Waals surface area (Å²) in [7, 11) is 0. The average Bonchev–Trinajstić information content (AvgIpc) is 3.04. The first kappa shape index (κ1) is 20.3. The van der Waals surface area contributed by atoms with Crippen LogP contribution < -0.4 is 11.1 Å². The van der Waals surface area contributed by atoms with E-state index in [1.165, 1.54) is 11.3 Å². The number of nitrogens with one attached hydrogen (secondary N) is 1. The minimum atomic E-state index is -0.952. The van der Waals surface area contributed by atoms with E-state index in [9.17, 15) is 19.5 Å². The minimum Gasteiger partial charge on any atom is -0.481 e. The number of carbonyl (C=O) groups is 3. The number of benzene rings is 1. The van der Waals surface area contributed by atoms with Crippen molar-refractivity contribution in [2.45, 2.75) is 26.7 Å². The number of aliphatic carboxylic acids is 1. The second-order valence-corrected chi connectivity index (χ2v) is 9.36. The van der Waals surface area contributed by atoms with Crippen LogP contribution in [-0.2, 0) is 9.59 Å². The Labute approximate surface area is 178 Å². The Bertz CT molecular complexity index is 1050. The Hall–Kier alpha value is -2.93. The van der Waals surface area contributed by atoms with Crippen LogP contribution in [0.2, 0.25) is 0 Å². The van der Waals surface area contributed by atoms with Crippen LogP contribution in [0.25, 0.3) is 11.1 Å². The van der Waals surface area contributed by atoms with Crippen LogP contribution in [0, 0.1) is 37.5 Å². The number of anilines is 1. The van der Waals surface area contributed by atoms with Crippen molar-refractivity contribution in [2.75, 3.05) is 5.32 Å². The molecule has 4 unspecified atom stereocenters. The van der Waals surface area contributed by atoms with Crippen LogP contribution in [0.1, 0.15) is 33.6 Å². The molecule has 2 amide bonds. The Morgan fingerprint density at radius 2 is 1.63 bits per heavy atom. The molecule has 1 fully saturated rings. The molecule has 4 atom stereocenters. The highest BCUT2D eigenvalue weighted by atomic mass is 32.1. The summed E-state index contributed by atoms with van der Waals surface area (Å²) in [6, 6.07) is 7.76. The maximum Gasteiger partial charge on any atom is 0.307 e. The third-order valence-corrected chi connectivity index (χ3v) is 7.26. The summed E-state index contributed by atoms with van der Waals surface area (Å²) in [5.41, 5.74) is 8.64. The summed E-state index contributed by atoms with van der Waals surface area (Å²) in [6.45, 7) is 3.86. The second kappa shape index (κ2) is 7.72. The number of nitrogens with two attached hydrogens (primary N) is 1. The zero-order valence-corrected chi connectivity index (χ0v) is 17.7. The van der Waals surface area contributed by atoms with E-state index in [2.05, 4.69) is 5.32 Å². The van der Waals surface area contributed by atoms with Crippen LogP contribution >= 0.6 is 11.3 Å². The summed E-state index contributed by atoms with van der Waals surface area (Å²) < 4.78 is 0. The average molecular weight is 425 g/mol. The van der Waals surface area contributed by atoms with Gasteiger partial charge in [-0.1, -0.05) is 42.0 Å². The van der Waals surface area contributed by atoms with Gasteiger partial charge >= 0.3 is 5.97 Å². The molecule has 1 heterocycles.